The second-order valence-corrected chi connectivity index (χ2v) is 12.3. The Hall–Kier alpha value is -1.23. The summed E-state index contributed by atoms with van der Waals surface area (Å²) < 4.78 is 22.3. The molecule has 0 saturated heterocycles. The standard InChI is InChI=1S/C27H50NO5P.C4H10/c1-2-3-4-5-6-7-8-9-10-11-12-13-14-15-16-17-19-32-26-22-25(28)23-27(24-26)33-20-18-21-34(29,30)31;1-3-4-2/h22-24H,2-21,28H2,1H3,(H2,29,30,31);3-4H2,1-2H3. The Bertz CT molecular complexity index is 693. The Morgan fingerprint density at radius 1 is 0.579 bits per heavy atom. The van der Waals surface area contributed by atoms with Crippen LogP contribution in [-0.4, -0.2) is 29.2 Å². The van der Waals surface area contributed by atoms with Gasteiger partial charge in [0.25, 0.3) is 0 Å². The van der Waals surface area contributed by atoms with Crippen molar-refractivity contribution in [2.45, 2.75) is 143 Å². The van der Waals surface area contributed by atoms with Gasteiger partial charge >= 0.3 is 7.60 Å². The Balaban J connectivity index is 0.00000318. The van der Waals surface area contributed by atoms with Gasteiger partial charge in [-0.15, -0.1) is 0 Å². The number of benzene rings is 1. The highest BCUT2D eigenvalue weighted by Gasteiger charge is 2.12. The van der Waals surface area contributed by atoms with E-state index >= 15 is 0 Å². The molecule has 0 atom stereocenters. The summed E-state index contributed by atoms with van der Waals surface area (Å²) in [4.78, 5) is 17.8. The normalized spacial score (nSPS) is 11.2. The van der Waals surface area contributed by atoms with E-state index in [1.165, 1.54) is 109 Å². The Morgan fingerprint density at radius 3 is 1.32 bits per heavy atom. The monoisotopic (exact) mass is 557 g/mol. The van der Waals surface area contributed by atoms with Gasteiger partial charge in [0.2, 0.25) is 0 Å². The van der Waals surface area contributed by atoms with Crippen LogP contribution in [-0.2, 0) is 4.57 Å². The third kappa shape index (κ3) is 26.4. The highest BCUT2D eigenvalue weighted by atomic mass is 31.2. The van der Waals surface area contributed by atoms with Crippen molar-refractivity contribution >= 4 is 13.3 Å². The van der Waals surface area contributed by atoms with Crippen molar-refractivity contribution in [3.8, 4) is 11.5 Å². The summed E-state index contributed by atoms with van der Waals surface area (Å²) in [6.45, 7) is 7.52. The van der Waals surface area contributed by atoms with Crippen LogP contribution < -0.4 is 15.2 Å². The smallest absolute Gasteiger partial charge is 0.325 e. The van der Waals surface area contributed by atoms with Crippen molar-refractivity contribution in [3.63, 3.8) is 0 Å². The van der Waals surface area contributed by atoms with E-state index in [0.29, 0.717) is 23.8 Å². The number of nitrogen functional groups attached to an aromatic ring is 1. The SMILES string of the molecule is CCCC.CCCCCCCCCCCCCCCCCCOc1cc(N)cc(OCCCP(=O)(O)O)c1. The number of hydrogen-bond donors (Lipinski definition) is 3. The van der Waals surface area contributed by atoms with Crippen LogP contribution in [0.25, 0.3) is 0 Å². The van der Waals surface area contributed by atoms with Crippen molar-refractivity contribution in [1.82, 2.24) is 0 Å². The maximum absolute atomic E-state index is 10.9. The van der Waals surface area contributed by atoms with Crippen molar-refractivity contribution < 1.29 is 23.8 Å². The quantitative estimate of drug-likeness (QED) is 0.0664. The third-order valence-electron chi connectivity index (χ3n) is 6.53. The number of anilines is 1. The van der Waals surface area contributed by atoms with Gasteiger partial charge in [-0.1, -0.05) is 130 Å². The molecule has 0 radical (unpaired) electrons. The van der Waals surface area contributed by atoms with Gasteiger partial charge in [-0.3, -0.25) is 4.57 Å². The maximum atomic E-state index is 10.9. The number of hydrogen-bond acceptors (Lipinski definition) is 4. The minimum atomic E-state index is -3.98. The minimum Gasteiger partial charge on any atom is -0.493 e. The molecule has 0 spiro atoms. The van der Waals surface area contributed by atoms with E-state index in [4.69, 9.17) is 25.0 Å². The molecule has 0 aliphatic heterocycles. The van der Waals surface area contributed by atoms with Gasteiger partial charge in [0.1, 0.15) is 11.5 Å². The highest BCUT2D eigenvalue weighted by molar-refractivity contribution is 7.51. The van der Waals surface area contributed by atoms with Gasteiger partial charge in [-0.05, 0) is 12.8 Å². The van der Waals surface area contributed by atoms with E-state index in [2.05, 4.69) is 20.8 Å². The molecule has 6 nitrogen and oxygen atoms in total. The topological polar surface area (TPSA) is 102 Å². The molecular weight excluding hydrogens is 497 g/mol. The summed E-state index contributed by atoms with van der Waals surface area (Å²) in [5, 5.41) is 0. The van der Waals surface area contributed by atoms with Gasteiger partial charge < -0.3 is 25.0 Å². The van der Waals surface area contributed by atoms with Crippen LogP contribution in [0.2, 0.25) is 0 Å². The Morgan fingerprint density at radius 2 is 0.947 bits per heavy atom. The molecule has 224 valence electrons. The summed E-state index contributed by atoms with van der Waals surface area (Å²) in [5.74, 6) is 1.23. The second-order valence-electron chi connectivity index (χ2n) is 10.5. The van der Waals surface area contributed by atoms with Crippen molar-refractivity contribution in [2.75, 3.05) is 25.1 Å². The minimum absolute atomic E-state index is 0.183. The largest absolute Gasteiger partial charge is 0.493 e. The lowest BCUT2D eigenvalue weighted by Crippen LogP contribution is -2.03. The van der Waals surface area contributed by atoms with E-state index in [-0.39, 0.29) is 19.2 Å². The lowest BCUT2D eigenvalue weighted by Gasteiger charge is -2.11. The summed E-state index contributed by atoms with van der Waals surface area (Å²) >= 11 is 0. The Kier molecular flexibility index (Phi) is 25.2. The predicted molar refractivity (Wildman–Crippen MR) is 164 cm³/mol. The van der Waals surface area contributed by atoms with E-state index in [0.717, 1.165) is 6.42 Å². The van der Waals surface area contributed by atoms with Crippen LogP contribution in [0.1, 0.15) is 143 Å². The van der Waals surface area contributed by atoms with Crippen molar-refractivity contribution in [3.05, 3.63) is 18.2 Å². The molecule has 0 aliphatic carbocycles. The molecule has 1 aromatic carbocycles. The molecule has 0 amide bonds. The van der Waals surface area contributed by atoms with Crippen molar-refractivity contribution in [2.24, 2.45) is 0 Å². The van der Waals surface area contributed by atoms with Crippen molar-refractivity contribution in [1.29, 1.82) is 0 Å². The molecule has 7 heteroatoms. The molecule has 0 saturated carbocycles. The summed E-state index contributed by atoms with van der Waals surface area (Å²) in [6.07, 6.45) is 24.3. The zero-order valence-corrected chi connectivity index (χ0v) is 25.8. The number of ether oxygens (including phenoxy) is 2. The first-order valence-corrected chi connectivity index (χ1v) is 17.3. The maximum Gasteiger partial charge on any atom is 0.325 e. The highest BCUT2D eigenvalue weighted by Crippen LogP contribution is 2.35. The molecule has 1 aromatic rings. The van der Waals surface area contributed by atoms with Crippen LogP contribution in [0, 0.1) is 0 Å². The summed E-state index contributed by atoms with van der Waals surface area (Å²) in [6, 6.07) is 5.24. The van der Waals surface area contributed by atoms with Crippen LogP contribution in [0.4, 0.5) is 5.69 Å². The zero-order chi connectivity index (χ0) is 28.3. The molecule has 0 aromatic heterocycles. The van der Waals surface area contributed by atoms with Crippen LogP contribution >= 0.6 is 7.60 Å². The van der Waals surface area contributed by atoms with Crippen LogP contribution in [0.3, 0.4) is 0 Å². The van der Waals surface area contributed by atoms with Gasteiger partial charge in [-0.2, -0.15) is 0 Å². The first-order chi connectivity index (χ1) is 18.3. The van der Waals surface area contributed by atoms with Crippen LogP contribution in [0.15, 0.2) is 18.2 Å². The zero-order valence-electron chi connectivity index (χ0n) is 24.9. The second kappa shape index (κ2) is 26.0. The summed E-state index contributed by atoms with van der Waals surface area (Å²) in [7, 11) is -3.98. The predicted octanol–water partition coefficient (Wildman–Crippen LogP) is 9.66. The average Bonchev–Trinajstić information content (AvgIpc) is 2.88. The van der Waals surface area contributed by atoms with Gasteiger partial charge in [0.05, 0.1) is 19.4 Å². The Labute approximate surface area is 234 Å². The fourth-order valence-corrected chi connectivity index (χ4v) is 4.60. The first kappa shape index (κ1) is 36.8. The number of rotatable bonds is 24. The lowest BCUT2D eigenvalue weighted by molar-refractivity contribution is 0.292. The molecule has 0 unspecified atom stereocenters. The van der Waals surface area contributed by atoms with Crippen LogP contribution in [0.5, 0.6) is 11.5 Å². The van der Waals surface area contributed by atoms with E-state index in [1.807, 2.05) is 0 Å². The molecule has 0 aliphatic rings. The van der Waals surface area contributed by atoms with E-state index in [9.17, 15) is 4.57 Å². The third-order valence-corrected chi connectivity index (χ3v) is 7.43. The molecule has 1 rings (SSSR count). The summed E-state index contributed by atoms with van der Waals surface area (Å²) in [5.41, 5.74) is 6.46. The molecular formula is C31H60NO5P. The molecule has 0 bridgehead atoms. The number of unbranched alkanes of at least 4 members (excludes halogenated alkanes) is 16. The molecule has 4 N–H and O–H groups in total. The molecule has 0 fully saturated rings. The van der Waals surface area contributed by atoms with Gasteiger partial charge in [-0.25, -0.2) is 0 Å². The van der Waals surface area contributed by atoms with E-state index < -0.39 is 7.60 Å². The molecule has 0 heterocycles. The first-order valence-electron chi connectivity index (χ1n) is 15.5. The fourth-order valence-electron chi connectivity index (χ4n) is 4.06. The van der Waals surface area contributed by atoms with E-state index in [1.54, 1.807) is 18.2 Å². The molecule has 38 heavy (non-hydrogen) atoms. The average molecular weight is 558 g/mol. The van der Waals surface area contributed by atoms with Gasteiger partial charge in [0, 0.05) is 23.9 Å². The fraction of sp³-hybridized carbons (Fsp3) is 0.806. The lowest BCUT2D eigenvalue weighted by atomic mass is 10.0. The van der Waals surface area contributed by atoms with Gasteiger partial charge in [0.15, 0.2) is 0 Å². The number of nitrogens with two attached hydrogens (primary N) is 1.